The van der Waals surface area contributed by atoms with Gasteiger partial charge in [0, 0.05) is 32.2 Å². The van der Waals surface area contributed by atoms with Gasteiger partial charge in [0.25, 0.3) is 0 Å². The van der Waals surface area contributed by atoms with Gasteiger partial charge in [0.1, 0.15) is 0 Å². The van der Waals surface area contributed by atoms with E-state index >= 15 is 0 Å². The molecule has 0 radical (unpaired) electrons. The second kappa shape index (κ2) is 5.71. The number of rotatable bonds is 1. The Balaban J connectivity index is 1.87. The summed E-state index contributed by atoms with van der Waals surface area (Å²) in [6, 6.07) is 0.839. The van der Waals surface area contributed by atoms with Gasteiger partial charge in [0.2, 0.25) is 0 Å². The van der Waals surface area contributed by atoms with Crippen LogP contribution in [-0.4, -0.2) is 55.1 Å². The van der Waals surface area contributed by atoms with E-state index in [0.717, 1.165) is 32.6 Å². The fourth-order valence-electron chi connectivity index (χ4n) is 3.03. The monoisotopic (exact) mass is 239 g/mol. The molecule has 2 heterocycles. The highest BCUT2D eigenvalue weighted by atomic mass is 16.2. The Morgan fingerprint density at radius 3 is 2.41 bits per heavy atom. The summed E-state index contributed by atoms with van der Waals surface area (Å²) in [7, 11) is 2.02. The zero-order valence-electron chi connectivity index (χ0n) is 11.1. The number of piperidine rings is 2. The molecule has 2 aliphatic heterocycles. The normalized spacial score (nSPS) is 30.5. The molecule has 2 atom stereocenters. The van der Waals surface area contributed by atoms with Gasteiger partial charge in [-0.25, -0.2) is 4.79 Å². The van der Waals surface area contributed by atoms with E-state index in [1.165, 1.54) is 19.3 Å². The Hall–Kier alpha value is -0.770. The number of hydrogen-bond donors (Lipinski definition) is 1. The molecular weight excluding hydrogens is 214 g/mol. The van der Waals surface area contributed by atoms with E-state index in [1.54, 1.807) is 0 Å². The standard InChI is InChI=1S/C13H25N3O/c1-11-10-16(9-6-12(11)14-2)13(17)15-7-4-3-5-8-15/h11-12,14H,3-10H2,1-2H3. The lowest BCUT2D eigenvalue weighted by Crippen LogP contribution is -2.53. The van der Waals surface area contributed by atoms with Crippen LogP contribution in [0, 0.1) is 5.92 Å². The van der Waals surface area contributed by atoms with Gasteiger partial charge < -0.3 is 15.1 Å². The van der Waals surface area contributed by atoms with Crippen molar-refractivity contribution in [3.8, 4) is 0 Å². The zero-order chi connectivity index (χ0) is 12.3. The summed E-state index contributed by atoms with van der Waals surface area (Å²) in [6.07, 6.45) is 4.71. The van der Waals surface area contributed by atoms with Crippen molar-refractivity contribution in [1.29, 1.82) is 0 Å². The third kappa shape index (κ3) is 2.92. The minimum atomic E-state index is 0.270. The molecule has 2 amide bonds. The quantitative estimate of drug-likeness (QED) is 0.753. The molecule has 98 valence electrons. The second-order valence-corrected chi connectivity index (χ2v) is 5.44. The van der Waals surface area contributed by atoms with E-state index in [2.05, 4.69) is 12.2 Å². The van der Waals surface area contributed by atoms with Gasteiger partial charge in [0.15, 0.2) is 0 Å². The van der Waals surface area contributed by atoms with Crippen LogP contribution in [0.1, 0.15) is 32.6 Å². The van der Waals surface area contributed by atoms with Crippen LogP contribution in [-0.2, 0) is 0 Å². The largest absolute Gasteiger partial charge is 0.325 e. The number of likely N-dealkylation sites (tertiary alicyclic amines) is 2. The van der Waals surface area contributed by atoms with Crippen molar-refractivity contribution in [2.75, 3.05) is 33.2 Å². The Kier molecular flexibility index (Phi) is 4.26. The van der Waals surface area contributed by atoms with Crippen LogP contribution in [0.5, 0.6) is 0 Å². The lowest BCUT2D eigenvalue weighted by atomic mass is 9.94. The van der Waals surface area contributed by atoms with Gasteiger partial charge in [-0.15, -0.1) is 0 Å². The summed E-state index contributed by atoms with van der Waals surface area (Å²) < 4.78 is 0. The summed E-state index contributed by atoms with van der Waals surface area (Å²) in [5.41, 5.74) is 0. The first-order valence-corrected chi connectivity index (χ1v) is 6.93. The maximum Gasteiger partial charge on any atom is 0.320 e. The summed E-state index contributed by atoms with van der Waals surface area (Å²) in [5, 5.41) is 3.34. The molecule has 0 aromatic heterocycles. The van der Waals surface area contributed by atoms with Gasteiger partial charge in [-0.3, -0.25) is 0 Å². The molecule has 1 N–H and O–H groups in total. The first-order valence-electron chi connectivity index (χ1n) is 6.93. The maximum atomic E-state index is 12.3. The van der Waals surface area contributed by atoms with Gasteiger partial charge in [-0.05, 0) is 38.6 Å². The van der Waals surface area contributed by atoms with Crippen LogP contribution in [0.4, 0.5) is 4.79 Å². The fourth-order valence-corrected chi connectivity index (χ4v) is 3.03. The smallest absolute Gasteiger partial charge is 0.320 e. The summed E-state index contributed by atoms with van der Waals surface area (Å²) in [5.74, 6) is 0.558. The number of nitrogens with one attached hydrogen (secondary N) is 1. The highest BCUT2D eigenvalue weighted by Crippen LogP contribution is 2.19. The minimum Gasteiger partial charge on any atom is -0.325 e. The maximum absolute atomic E-state index is 12.3. The van der Waals surface area contributed by atoms with Gasteiger partial charge >= 0.3 is 6.03 Å². The number of carbonyl (C=O) groups excluding carboxylic acids is 1. The van der Waals surface area contributed by atoms with E-state index in [9.17, 15) is 4.79 Å². The predicted molar refractivity (Wildman–Crippen MR) is 69.0 cm³/mol. The summed E-state index contributed by atoms with van der Waals surface area (Å²) in [6.45, 7) is 5.96. The molecule has 0 aliphatic carbocycles. The molecule has 2 fully saturated rings. The minimum absolute atomic E-state index is 0.270. The molecule has 2 saturated heterocycles. The molecule has 0 saturated carbocycles. The molecule has 0 aromatic carbocycles. The molecular formula is C13H25N3O. The van der Waals surface area contributed by atoms with Crippen LogP contribution in [0.3, 0.4) is 0 Å². The van der Waals surface area contributed by atoms with Crippen LogP contribution in [0.15, 0.2) is 0 Å². The highest BCUT2D eigenvalue weighted by molar-refractivity contribution is 5.74. The number of urea groups is 1. The highest BCUT2D eigenvalue weighted by Gasteiger charge is 2.30. The van der Waals surface area contributed by atoms with E-state index in [1.807, 2.05) is 16.8 Å². The molecule has 4 nitrogen and oxygen atoms in total. The molecule has 4 heteroatoms. The molecule has 0 spiro atoms. The Bertz CT molecular complexity index is 263. The van der Waals surface area contributed by atoms with E-state index in [-0.39, 0.29) is 6.03 Å². The predicted octanol–water partition coefficient (Wildman–Crippen LogP) is 1.52. The summed E-state index contributed by atoms with van der Waals surface area (Å²) in [4.78, 5) is 16.4. The van der Waals surface area contributed by atoms with E-state index < -0.39 is 0 Å². The van der Waals surface area contributed by atoms with Crippen LogP contribution in [0.2, 0.25) is 0 Å². The lowest BCUT2D eigenvalue weighted by molar-refractivity contribution is 0.113. The topological polar surface area (TPSA) is 35.6 Å². The Labute approximate surface area is 104 Å². The average molecular weight is 239 g/mol. The van der Waals surface area contributed by atoms with Crippen molar-refractivity contribution >= 4 is 6.03 Å². The van der Waals surface area contributed by atoms with Crippen molar-refractivity contribution in [2.45, 2.75) is 38.6 Å². The molecule has 0 aromatic rings. The molecule has 2 unspecified atom stereocenters. The Morgan fingerprint density at radius 1 is 1.12 bits per heavy atom. The van der Waals surface area contributed by atoms with Crippen molar-refractivity contribution < 1.29 is 4.79 Å². The molecule has 2 aliphatic rings. The molecule has 0 bridgehead atoms. The van der Waals surface area contributed by atoms with E-state index in [0.29, 0.717) is 12.0 Å². The molecule has 2 rings (SSSR count). The first-order chi connectivity index (χ1) is 8.22. The fraction of sp³-hybridized carbons (Fsp3) is 0.923. The van der Waals surface area contributed by atoms with Crippen molar-refractivity contribution in [3.63, 3.8) is 0 Å². The van der Waals surface area contributed by atoms with Crippen LogP contribution in [0.25, 0.3) is 0 Å². The zero-order valence-corrected chi connectivity index (χ0v) is 11.1. The van der Waals surface area contributed by atoms with Gasteiger partial charge in [-0.1, -0.05) is 6.92 Å². The third-order valence-electron chi connectivity index (χ3n) is 4.17. The first kappa shape index (κ1) is 12.7. The average Bonchev–Trinajstić information content (AvgIpc) is 2.39. The van der Waals surface area contributed by atoms with E-state index in [4.69, 9.17) is 0 Å². The van der Waals surface area contributed by atoms with Crippen molar-refractivity contribution in [3.05, 3.63) is 0 Å². The SMILES string of the molecule is CNC1CCN(C(=O)N2CCCCC2)CC1C. The van der Waals surface area contributed by atoms with Crippen LogP contribution < -0.4 is 5.32 Å². The number of amides is 2. The van der Waals surface area contributed by atoms with Crippen molar-refractivity contribution in [1.82, 2.24) is 15.1 Å². The Morgan fingerprint density at radius 2 is 1.82 bits per heavy atom. The number of carbonyl (C=O) groups is 1. The van der Waals surface area contributed by atoms with Gasteiger partial charge in [0.05, 0.1) is 0 Å². The molecule has 17 heavy (non-hydrogen) atoms. The van der Waals surface area contributed by atoms with Crippen molar-refractivity contribution in [2.24, 2.45) is 5.92 Å². The number of hydrogen-bond acceptors (Lipinski definition) is 2. The third-order valence-corrected chi connectivity index (χ3v) is 4.17. The lowest BCUT2D eigenvalue weighted by Gasteiger charge is -2.40. The number of nitrogens with zero attached hydrogens (tertiary/aromatic N) is 2. The second-order valence-electron chi connectivity index (χ2n) is 5.44. The van der Waals surface area contributed by atoms with Crippen LogP contribution >= 0.6 is 0 Å². The van der Waals surface area contributed by atoms with Gasteiger partial charge in [-0.2, -0.15) is 0 Å². The summed E-state index contributed by atoms with van der Waals surface area (Å²) >= 11 is 0.